The Morgan fingerprint density at radius 3 is 2.78 bits per heavy atom. The second-order valence-electron chi connectivity index (χ2n) is 4.99. The first-order chi connectivity index (χ1) is 11.1. The topological polar surface area (TPSA) is 72.4 Å². The first kappa shape index (κ1) is 15.5. The Morgan fingerprint density at radius 2 is 2.09 bits per heavy atom. The number of thioether (sulfide) groups is 1. The van der Waals surface area contributed by atoms with Gasteiger partial charge in [-0.15, -0.1) is 0 Å². The van der Waals surface area contributed by atoms with E-state index in [4.69, 9.17) is 4.74 Å². The highest BCUT2D eigenvalue weighted by atomic mass is 32.2. The van der Waals surface area contributed by atoms with Crippen molar-refractivity contribution < 1.29 is 14.3 Å². The highest BCUT2D eigenvalue weighted by molar-refractivity contribution is 7.99. The lowest BCUT2D eigenvalue weighted by Crippen LogP contribution is -2.33. The van der Waals surface area contributed by atoms with Crippen LogP contribution >= 0.6 is 11.8 Å². The molecule has 0 aliphatic carbocycles. The fourth-order valence-corrected chi connectivity index (χ4v) is 2.97. The summed E-state index contributed by atoms with van der Waals surface area (Å²) in [6.07, 6.45) is -0.578. The van der Waals surface area contributed by atoms with Crippen molar-refractivity contribution >= 4 is 23.8 Å². The fraction of sp³-hybridized carbons (Fsp3) is 0.250. The molecule has 0 radical (unpaired) electrons. The molecule has 1 fully saturated rings. The number of nitrogens with zero attached hydrogens (tertiary/aromatic N) is 3. The summed E-state index contributed by atoms with van der Waals surface area (Å²) in [5, 5.41) is 0.518. The van der Waals surface area contributed by atoms with Crippen LogP contribution in [-0.2, 0) is 9.53 Å². The highest BCUT2D eigenvalue weighted by Gasteiger charge is 2.28. The van der Waals surface area contributed by atoms with E-state index < -0.39 is 6.09 Å². The van der Waals surface area contributed by atoms with Crippen LogP contribution in [0.15, 0.2) is 41.6 Å². The lowest BCUT2D eigenvalue weighted by atomic mass is 10.1. The maximum Gasteiger partial charge on any atom is 0.416 e. The zero-order chi connectivity index (χ0) is 16.2. The van der Waals surface area contributed by atoms with Gasteiger partial charge in [0, 0.05) is 11.3 Å². The normalized spacial score (nSPS) is 14.0. The summed E-state index contributed by atoms with van der Waals surface area (Å²) in [5.74, 6) is -0.184. The van der Waals surface area contributed by atoms with Crippen molar-refractivity contribution in [1.82, 2.24) is 14.9 Å². The molecule has 23 heavy (non-hydrogen) atoms. The first-order valence-electron chi connectivity index (χ1n) is 7.14. The number of imide groups is 1. The molecule has 0 N–H and O–H groups in total. The molecular formula is C16H15N3O3S. The minimum Gasteiger partial charge on any atom is -0.447 e. The molecule has 7 heteroatoms. The Bertz CT molecular complexity index is 737. The van der Waals surface area contributed by atoms with Crippen LogP contribution in [0, 0.1) is 6.92 Å². The number of carbonyl (C=O) groups excluding carboxylic acids is 2. The third kappa shape index (κ3) is 3.68. The molecule has 118 valence electrons. The monoisotopic (exact) mass is 329 g/mol. The van der Waals surface area contributed by atoms with Crippen molar-refractivity contribution in [2.75, 3.05) is 18.9 Å². The minimum absolute atomic E-state index is 0.104. The number of cyclic esters (lactones) is 1. The van der Waals surface area contributed by atoms with Gasteiger partial charge in [0.25, 0.3) is 0 Å². The van der Waals surface area contributed by atoms with Crippen LogP contribution in [0.1, 0.15) is 5.69 Å². The summed E-state index contributed by atoms with van der Waals surface area (Å²) in [5.41, 5.74) is 2.64. The maximum atomic E-state index is 12.0. The van der Waals surface area contributed by atoms with Gasteiger partial charge in [0.05, 0.1) is 18.0 Å². The predicted octanol–water partition coefficient (Wildman–Crippen LogP) is 2.52. The lowest BCUT2D eigenvalue weighted by molar-refractivity contribution is -0.125. The minimum atomic E-state index is -0.578. The van der Waals surface area contributed by atoms with E-state index in [9.17, 15) is 9.59 Å². The van der Waals surface area contributed by atoms with Crippen molar-refractivity contribution in [3.63, 3.8) is 0 Å². The van der Waals surface area contributed by atoms with E-state index >= 15 is 0 Å². The molecule has 1 saturated heterocycles. The van der Waals surface area contributed by atoms with E-state index in [2.05, 4.69) is 9.97 Å². The van der Waals surface area contributed by atoms with Gasteiger partial charge in [-0.3, -0.25) is 4.79 Å². The van der Waals surface area contributed by atoms with Gasteiger partial charge in [-0.1, -0.05) is 42.1 Å². The summed E-state index contributed by atoms with van der Waals surface area (Å²) in [7, 11) is 0. The molecule has 1 aromatic heterocycles. The molecule has 2 aromatic rings. The Hall–Kier alpha value is -2.41. The fourth-order valence-electron chi connectivity index (χ4n) is 2.19. The molecular weight excluding hydrogens is 314 g/mol. The first-order valence-corrected chi connectivity index (χ1v) is 8.13. The van der Waals surface area contributed by atoms with E-state index in [1.165, 1.54) is 11.8 Å². The molecule has 0 unspecified atom stereocenters. The average molecular weight is 329 g/mol. The van der Waals surface area contributed by atoms with Gasteiger partial charge < -0.3 is 4.74 Å². The summed E-state index contributed by atoms with van der Waals surface area (Å²) < 4.78 is 4.76. The SMILES string of the molecule is Cc1cc(-c2ccccc2)nc(SCC(=O)N2CCOC2=O)n1. The molecule has 3 rings (SSSR count). The molecule has 1 aliphatic rings. The zero-order valence-corrected chi connectivity index (χ0v) is 13.4. The van der Waals surface area contributed by atoms with E-state index in [1.807, 2.05) is 43.3 Å². The molecule has 0 atom stereocenters. The summed E-state index contributed by atoms with van der Waals surface area (Å²) in [6.45, 7) is 2.45. The van der Waals surface area contributed by atoms with Gasteiger partial charge in [-0.2, -0.15) is 0 Å². The zero-order valence-electron chi connectivity index (χ0n) is 12.6. The van der Waals surface area contributed by atoms with Crippen LogP contribution in [0.5, 0.6) is 0 Å². The maximum absolute atomic E-state index is 12.0. The van der Waals surface area contributed by atoms with Crippen LogP contribution < -0.4 is 0 Å². The molecule has 6 nitrogen and oxygen atoms in total. The highest BCUT2D eigenvalue weighted by Crippen LogP contribution is 2.22. The van der Waals surface area contributed by atoms with Gasteiger partial charge in [-0.05, 0) is 13.0 Å². The number of aromatic nitrogens is 2. The average Bonchev–Trinajstić information content (AvgIpc) is 2.99. The van der Waals surface area contributed by atoms with Gasteiger partial charge >= 0.3 is 6.09 Å². The quantitative estimate of drug-likeness (QED) is 0.634. The van der Waals surface area contributed by atoms with Crippen LogP contribution in [0.25, 0.3) is 11.3 Å². The molecule has 1 aromatic carbocycles. The number of hydrogen-bond donors (Lipinski definition) is 0. The van der Waals surface area contributed by atoms with Gasteiger partial charge in [-0.25, -0.2) is 19.7 Å². The van der Waals surface area contributed by atoms with E-state index in [0.717, 1.165) is 21.9 Å². The van der Waals surface area contributed by atoms with Crippen molar-refractivity contribution in [3.8, 4) is 11.3 Å². The number of amides is 2. The summed E-state index contributed by atoms with van der Waals surface area (Å²) >= 11 is 1.22. The van der Waals surface area contributed by atoms with Gasteiger partial charge in [0.15, 0.2) is 5.16 Å². The molecule has 2 heterocycles. The van der Waals surface area contributed by atoms with Crippen LogP contribution in [0.4, 0.5) is 4.79 Å². The van der Waals surface area contributed by atoms with Crippen molar-refractivity contribution in [3.05, 3.63) is 42.1 Å². The van der Waals surface area contributed by atoms with E-state index in [1.54, 1.807) is 0 Å². The van der Waals surface area contributed by atoms with Crippen LogP contribution in [0.3, 0.4) is 0 Å². The van der Waals surface area contributed by atoms with Crippen LogP contribution in [0.2, 0.25) is 0 Å². The van der Waals surface area contributed by atoms with Crippen molar-refractivity contribution in [2.45, 2.75) is 12.1 Å². The molecule has 1 aliphatic heterocycles. The lowest BCUT2D eigenvalue weighted by Gasteiger charge is -2.10. The Morgan fingerprint density at radius 1 is 1.30 bits per heavy atom. The van der Waals surface area contributed by atoms with Crippen molar-refractivity contribution in [1.29, 1.82) is 0 Å². The standard InChI is InChI=1S/C16H15N3O3S/c1-11-9-13(12-5-3-2-4-6-12)18-15(17-11)23-10-14(20)19-7-8-22-16(19)21/h2-6,9H,7-8,10H2,1H3. The summed E-state index contributed by atoms with van der Waals surface area (Å²) in [4.78, 5) is 33.3. The number of rotatable bonds is 4. The van der Waals surface area contributed by atoms with Gasteiger partial charge in [0.2, 0.25) is 5.91 Å². The molecule has 2 amide bonds. The molecule has 0 saturated carbocycles. The predicted molar refractivity (Wildman–Crippen MR) is 86.0 cm³/mol. The number of benzene rings is 1. The Balaban J connectivity index is 1.72. The second kappa shape index (κ2) is 6.78. The smallest absolute Gasteiger partial charge is 0.416 e. The molecule has 0 spiro atoms. The summed E-state index contributed by atoms with van der Waals surface area (Å²) in [6, 6.07) is 11.7. The number of hydrogen-bond acceptors (Lipinski definition) is 6. The Kier molecular flexibility index (Phi) is 4.57. The van der Waals surface area contributed by atoms with Crippen LogP contribution in [-0.4, -0.2) is 45.8 Å². The second-order valence-corrected chi connectivity index (χ2v) is 5.93. The number of aryl methyl sites for hydroxylation is 1. The largest absolute Gasteiger partial charge is 0.447 e. The molecule has 0 bridgehead atoms. The van der Waals surface area contributed by atoms with Crippen molar-refractivity contribution in [2.24, 2.45) is 0 Å². The third-order valence-corrected chi connectivity index (χ3v) is 4.12. The van der Waals surface area contributed by atoms with E-state index in [-0.39, 0.29) is 18.3 Å². The Labute approximate surface area is 137 Å². The number of carbonyl (C=O) groups is 2. The van der Waals surface area contributed by atoms with E-state index in [0.29, 0.717) is 11.7 Å². The third-order valence-electron chi connectivity index (χ3n) is 3.29. The number of ether oxygens (including phenoxy) is 1. The van der Waals surface area contributed by atoms with Gasteiger partial charge in [0.1, 0.15) is 6.61 Å².